The Morgan fingerprint density at radius 3 is 2.50 bits per heavy atom. The number of nitrogens with two attached hydrogens (primary N) is 1. The van der Waals surface area contributed by atoms with Crippen LogP contribution < -0.4 is 20.3 Å². The van der Waals surface area contributed by atoms with E-state index >= 15 is 0 Å². The van der Waals surface area contributed by atoms with Crippen LogP contribution in [0.25, 0.3) is 0 Å². The number of hydrogen-bond donors (Lipinski definition) is 1. The van der Waals surface area contributed by atoms with Crippen molar-refractivity contribution in [2.45, 2.75) is 31.7 Å². The molecule has 3 aromatic rings. The first-order valence-electron chi connectivity index (χ1n) is 11.1. The SMILES string of the molecule is CC(C(N)=O)c1cc(Cl)c(Oc2ccsc2C(=O)N2CCN(C3CC3)c3ccccc32)cc1Cl. The molecule has 2 aromatic carbocycles. The molecule has 2 heterocycles. The predicted octanol–water partition coefficient (Wildman–Crippen LogP) is 6.07. The van der Waals surface area contributed by atoms with Crippen LogP contribution in [0, 0.1) is 0 Å². The lowest BCUT2D eigenvalue weighted by Crippen LogP contribution is -2.44. The van der Waals surface area contributed by atoms with Crippen molar-refractivity contribution in [1.29, 1.82) is 0 Å². The fourth-order valence-electron chi connectivity index (χ4n) is 4.24. The molecule has 0 radical (unpaired) electrons. The molecule has 0 saturated heterocycles. The fourth-order valence-corrected chi connectivity index (χ4v) is 5.54. The Labute approximate surface area is 211 Å². The van der Waals surface area contributed by atoms with Gasteiger partial charge in [-0.25, -0.2) is 0 Å². The second-order valence-electron chi connectivity index (χ2n) is 8.51. The lowest BCUT2D eigenvalue weighted by molar-refractivity contribution is -0.119. The number of amides is 2. The molecule has 6 nitrogen and oxygen atoms in total. The Balaban J connectivity index is 1.42. The van der Waals surface area contributed by atoms with Crippen LogP contribution in [0.15, 0.2) is 47.8 Å². The highest BCUT2D eigenvalue weighted by Crippen LogP contribution is 2.43. The van der Waals surface area contributed by atoms with Crippen LogP contribution >= 0.6 is 34.5 Å². The molecule has 1 aromatic heterocycles. The van der Waals surface area contributed by atoms with Crippen molar-refractivity contribution < 1.29 is 14.3 Å². The molecule has 176 valence electrons. The molecule has 1 unspecified atom stereocenters. The number of thiophene rings is 1. The molecule has 5 rings (SSSR count). The number of rotatable bonds is 6. The van der Waals surface area contributed by atoms with E-state index in [4.69, 9.17) is 33.7 Å². The van der Waals surface area contributed by atoms with E-state index in [1.54, 1.807) is 25.1 Å². The van der Waals surface area contributed by atoms with Crippen molar-refractivity contribution in [3.05, 3.63) is 68.3 Å². The van der Waals surface area contributed by atoms with Crippen LogP contribution in [0.2, 0.25) is 10.0 Å². The second-order valence-corrected chi connectivity index (χ2v) is 10.2. The van der Waals surface area contributed by atoms with Crippen LogP contribution in [0.3, 0.4) is 0 Å². The number of anilines is 2. The summed E-state index contributed by atoms with van der Waals surface area (Å²) >= 11 is 14.1. The third-order valence-electron chi connectivity index (χ3n) is 6.27. The fraction of sp³-hybridized carbons (Fsp3) is 0.280. The first-order valence-corrected chi connectivity index (χ1v) is 12.7. The Bertz CT molecular complexity index is 1270. The van der Waals surface area contributed by atoms with Gasteiger partial charge in [-0.05, 0) is 55.0 Å². The van der Waals surface area contributed by atoms with E-state index in [1.807, 2.05) is 28.5 Å². The van der Waals surface area contributed by atoms with Crippen molar-refractivity contribution in [3.8, 4) is 11.5 Å². The largest absolute Gasteiger partial charge is 0.454 e. The molecule has 2 N–H and O–H groups in total. The summed E-state index contributed by atoms with van der Waals surface area (Å²) in [6.45, 7) is 3.07. The zero-order chi connectivity index (χ0) is 24.0. The van der Waals surface area contributed by atoms with Gasteiger partial charge in [0.15, 0.2) is 5.75 Å². The standard InChI is InChI=1S/C25H23Cl2N3O3S/c1-14(24(28)31)16-12-18(27)22(13-17(16)26)33-21-8-11-34-23(21)25(32)30-10-9-29(15-6-7-15)19-4-2-3-5-20(19)30/h2-5,8,11-15H,6-7,9-10H2,1H3,(H2,28,31). The van der Waals surface area contributed by atoms with Crippen LogP contribution in [0.4, 0.5) is 11.4 Å². The van der Waals surface area contributed by atoms with Crippen LogP contribution in [0.5, 0.6) is 11.5 Å². The van der Waals surface area contributed by atoms with Gasteiger partial charge in [0.1, 0.15) is 10.6 Å². The Kier molecular flexibility index (Phi) is 6.18. The highest BCUT2D eigenvalue weighted by molar-refractivity contribution is 7.12. The van der Waals surface area contributed by atoms with Crippen molar-refractivity contribution >= 4 is 57.7 Å². The number of ether oxygens (including phenoxy) is 1. The van der Waals surface area contributed by atoms with E-state index in [0.717, 1.165) is 17.9 Å². The zero-order valence-corrected chi connectivity index (χ0v) is 20.8. The van der Waals surface area contributed by atoms with Gasteiger partial charge in [-0.15, -0.1) is 11.3 Å². The molecule has 1 aliphatic heterocycles. The summed E-state index contributed by atoms with van der Waals surface area (Å²) in [4.78, 5) is 29.9. The number of halogens is 2. The van der Waals surface area contributed by atoms with E-state index < -0.39 is 11.8 Å². The zero-order valence-electron chi connectivity index (χ0n) is 18.5. The number of para-hydroxylation sites is 2. The minimum absolute atomic E-state index is 0.117. The number of hydrogen-bond acceptors (Lipinski definition) is 5. The average Bonchev–Trinajstić information content (AvgIpc) is 3.57. The minimum atomic E-state index is -0.591. The molecule has 0 spiro atoms. The van der Waals surface area contributed by atoms with E-state index in [1.165, 1.54) is 24.2 Å². The van der Waals surface area contributed by atoms with Gasteiger partial charge in [-0.2, -0.15) is 0 Å². The number of nitrogens with zero attached hydrogens (tertiary/aromatic N) is 2. The lowest BCUT2D eigenvalue weighted by Gasteiger charge is -2.37. The van der Waals surface area contributed by atoms with Crippen molar-refractivity contribution in [3.63, 3.8) is 0 Å². The van der Waals surface area contributed by atoms with Gasteiger partial charge in [-0.3, -0.25) is 9.59 Å². The highest BCUT2D eigenvalue weighted by atomic mass is 35.5. The Morgan fingerprint density at radius 2 is 1.79 bits per heavy atom. The molecule has 0 bridgehead atoms. The van der Waals surface area contributed by atoms with Gasteiger partial charge in [0, 0.05) is 30.2 Å². The summed E-state index contributed by atoms with van der Waals surface area (Å²) in [5.41, 5.74) is 7.94. The maximum atomic E-state index is 13.6. The van der Waals surface area contributed by atoms with Crippen LogP contribution in [-0.4, -0.2) is 30.9 Å². The van der Waals surface area contributed by atoms with Gasteiger partial charge in [0.2, 0.25) is 5.91 Å². The molecule has 9 heteroatoms. The maximum Gasteiger partial charge on any atom is 0.272 e. The van der Waals surface area contributed by atoms with Crippen molar-refractivity contribution in [2.75, 3.05) is 22.9 Å². The van der Waals surface area contributed by atoms with Gasteiger partial charge < -0.3 is 20.3 Å². The monoisotopic (exact) mass is 515 g/mol. The number of benzene rings is 2. The molecule has 2 amide bonds. The quantitative estimate of drug-likeness (QED) is 0.432. The predicted molar refractivity (Wildman–Crippen MR) is 137 cm³/mol. The molecule has 34 heavy (non-hydrogen) atoms. The summed E-state index contributed by atoms with van der Waals surface area (Å²) < 4.78 is 6.05. The Morgan fingerprint density at radius 1 is 1.06 bits per heavy atom. The van der Waals surface area contributed by atoms with Gasteiger partial charge in [-0.1, -0.05) is 35.3 Å². The topological polar surface area (TPSA) is 75.9 Å². The normalized spacial score (nSPS) is 16.2. The summed E-state index contributed by atoms with van der Waals surface area (Å²) in [6.07, 6.45) is 2.40. The summed E-state index contributed by atoms with van der Waals surface area (Å²) in [7, 11) is 0. The molecule has 1 atom stereocenters. The van der Waals surface area contributed by atoms with Crippen molar-refractivity contribution in [2.24, 2.45) is 5.73 Å². The summed E-state index contributed by atoms with van der Waals surface area (Å²) in [6, 6.07) is 13.5. The van der Waals surface area contributed by atoms with Gasteiger partial charge in [0.25, 0.3) is 5.91 Å². The molecule has 1 fully saturated rings. The number of carbonyl (C=O) groups excluding carboxylic acids is 2. The smallest absolute Gasteiger partial charge is 0.272 e. The summed E-state index contributed by atoms with van der Waals surface area (Å²) in [5, 5.41) is 2.41. The first kappa shape index (κ1) is 23.0. The first-order chi connectivity index (χ1) is 16.3. The minimum Gasteiger partial charge on any atom is -0.454 e. The van der Waals surface area contributed by atoms with Gasteiger partial charge in [0.05, 0.1) is 22.3 Å². The van der Waals surface area contributed by atoms with Crippen LogP contribution in [0.1, 0.15) is 40.9 Å². The Hall–Kier alpha value is -2.74. The third-order valence-corrected chi connectivity index (χ3v) is 7.77. The number of fused-ring (bicyclic) bond motifs is 1. The van der Waals surface area contributed by atoms with E-state index in [-0.39, 0.29) is 10.9 Å². The average molecular weight is 516 g/mol. The van der Waals surface area contributed by atoms with E-state index in [2.05, 4.69) is 11.0 Å². The van der Waals surface area contributed by atoms with Gasteiger partial charge >= 0.3 is 0 Å². The molecular formula is C25H23Cl2N3O3S. The van der Waals surface area contributed by atoms with E-state index in [0.29, 0.717) is 39.5 Å². The van der Waals surface area contributed by atoms with E-state index in [9.17, 15) is 9.59 Å². The third kappa shape index (κ3) is 4.24. The lowest BCUT2D eigenvalue weighted by atomic mass is 10.0. The molecular weight excluding hydrogens is 493 g/mol. The van der Waals surface area contributed by atoms with Crippen LogP contribution in [-0.2, 0) is 4.79 Å². The highest BCUT2D eigenvalue weighted by Gasteiger charge is 2.36. The maximum absolute atomic E-state index is 13.6. The second kappa shape index (κ2) is 9.13. The summed E-state index contributed by atoms with van der Waals surface area (Å²) in [5.74, 6) is -0.496. The molecule has 2 aliphatic rings. The molecule has 1 saturated carbocycles. The number of primary amides is 1. The molecule has 1 aliphatic carbocycles. The van der Waals surface area contributed by atoms with Crippen molar-refractivity contribution in [1.82, 2.24) is 0 Å². The number of carbonyl (C=O) groups is 2.